The molecular weight excluding hydrogens is 398 g/mol. The van der Waals surface area contributed by atoms with Crippen molar-refractivity contribution in [2.75, 3.05) is 0 Å². The van der Waals surface area contributed by atoms with Gasteiger partial charge in [0.15, 0.2) is 0 Å². The number of nitriles is 1. The van der Waals surface area contributed by atoms with E-state index in [0.717, 1.165) is 24.8 Å². The third kappa shape index (κ3) is 6.58. The molecule has 0 radical (unpaired) electrons. The summed E-state index contributed by atoms with van der Waals surface area (Å²) < 4.78 is 0. The molecule has 0 aromatic heterocycles. The van der Waals surface area contributed by atoms with E-state index in [9.17, 15) is 0 Å². The second kappa shape index (κ2) is 9.56. The molecule has 0 aliphatic carbocycles. The first-order valence-corrected chi connectivity index (χ1v) is 12.1. The van der Waals surface area contributed by atoms with Crippen LogP contribution in [0.1, 0.15) is 83.6 Å². The lowest BCUT2D eigenvalue weighted by atomic mass is 9.72. The summed E-state index contributed by atoms with van der Waals surface area (Å²) in [6.45, 7) is 16.3. The molecule has 33 heavy (non-hydrogen) atoms. The van der Waals surface area contributed by atoms with Crippen molar-refractivity contribution in [1.29, 1.82) is 5.26 Å². The highest BCUT2D eigenvalue weighted by Gasteiger charge is 2.27. The zero-order valence-electron chi connectivity index (χ0n) is 21.5. The number of hydrogen-bond donors (Lipinski definition) is 0. The fraction of sp³-hybridized carbons (Fsp3) is 0.406. The minimum atomic E-state index is 0.104. The average molecular weight is 438 g/mol. The van der Waals surface area contributed by atoms with Crippen LogP contribution in [0.2, 0.25) is 0 Å². The van der Waals surface area contributed by atoms with Crippen LogP contribution in [0.25, 0.3) is 11.1 Å². The van der Waals surface area contributed by atoms with Gasteiger partial charge in [0, 0.05) is 0 Å². The first-order valence-electron chi connectivity index (χ1n) is 12.1. The molecule has 3 rings (SSSR count). The third-order valence-corrected chi connectivity index (χ3v) is 6.86. The van der Waals surface area contributed by atoms with Gasteiger partial charge >= 0.3 is 0 Å². The molecule has 0 bridgehead atoms. The number of nitrogens with zero attached hydrogens (tertiary/aromatic N) is 1. The molecule has 0 spiro atoms. The van der Waals surface area contributed by atoms with Crippen LogP contribution in [0.3, 0.4) is 0 Å². The van der Waals surface area contributed by atoms with Crippen molar-refractivity contribution in [3.05, 3.63) is 95.1 Å². The molecule has 0 aliphatic rings. The van der Waals surface area contributed by atoms with E-state index in [0.29, 0.717) is 11.0 Å². The predicted octanol–water partition coefficient (Wildman–Crippen LogP) is 8.85. The van der Waals surface area contributed by atoms with Gasteiger partial charge in [-0.3, -0.25) is 0 Å². The van der Waals surface area contributed by atoms with Gasteiger partial charge in [0.05, 0.1) is 11.6 Å². The van der Waals surface area contributed by atoms with Crippen molar-refractivity contribution in [3.63, 3.8) is 0 Å². The topological polar surface area (TPSA) is 23.8 Å². The Labute approximate surface area is 201 Å². The molecule has 0 saturated carbocycles. The monoisotopic (exact) mass is 437 g/mol. The molecule has 1 nitrogen and oxygen atoms in total. The molecule has 0 heterocycles. The zero-order valence-corrected chi connectivity index (χ0v) is 21.5. The Kier molecular flexibility index (Phi) is 7.18. The summed E-state index contributed by atoms with van der Waals surface area (Å²) in [6.07, 6.45) is 3.37. The Morgan fingerprint density at radius 3 is 1.36 bits per heavy atom. The predicted molar refractivity (Wildman–Crippen MR) is 141 cm³/mol. The van der Waals surface area contributed by atoms with E-state index in [2.05, 4.69) is 103 Å². The van der Waals surface area contributed by atoms with Gasteiger partial charge < -0.3 is 0 Å². The Morgan fingerprint density at radius 2 is 0.970 bits per heavy atom. The van der Waals surface area contributed by atoms with E-state index < -0.39 is 0 Å². The van der Waals surface area contributed by atoms with E-state index in [1.807, 2.05) is 24.3 Å². The van der Waals surface area contributed by atoms with Gasteiger partial charge in [-0.15, -0.1) is 0 Å². The number of benzene rings is 3. The molecule has 0 aliphatic heterocycles. The van der Waals surface area contributed by atoms with Crippen molar-refractivity contribution in [2.24, 2.45) is 5.41 Å². The van der Waals surface area contributed by atoms with Crippen LogP contribution < -0.4 is 0 Å². The zero-order chi connectivity index (χ0) is 24.3. The molecule has 0 N–H and O–H groups in total. The maximum absolute atomic E-state index is 9.01. The van der Waals surface area contributed by atoms with Crippen molar-refractivity contribution in [2.45, 2.75) is 78.6 Å². The van der Waals surface area contributed by atoms with E-state index >= 15 is 0 Å². The highest BCUT2D eigenvalue weighted by atomic mass is 14.3. The average Bonchev–Trinajstić information content (AvgIpc) is 2.77. The third-order valence-electron chi connectivity index (χ3n) is 6.86. The normalized spacial score (nSPS) is 12.4. The lowest BCUT2D eigenvalue weighted by Gasteiger charge is -2.32. The standard InChI is InChI=1S/C32H39N/c1-30(2,3)22-24-10-16-28(17-11-24)31(4,5)20-21-32(6,7)29-18-14-27(15-19-29)26-12-8-25(23-33)9-13-26/h8-19H,20-22H2,1-7H3. The van der Waals surface area contributed by atoms with Gasteiger partial charge in [-0.25, -0.2) is 0 Å². The number of hydrogen-bond acceptors (Lipinski definition) is 1. The molecule has 3 aromatic rings. The summed E-state index contributed by atoms with van der Waals surface area (Å²) in [5.41, 5.74) is 7.81. The van der Waals surface area contributed by atoms with Crippen molar-refractivity contribution in [1.82, 2.24) is 0 Å². The van der Waals surface area contributed by atoms with Crippen LogP contribution in [-0.2, 0) is 17.3 Å². The van der Waals surface area contributed by atoms with Crippen molar-refractivity contribution < 1.29 is 0 Å². The van der Waals surface area contributed by atoms with E-state index in [-0.39, 0.29) is 10.8 Å². The number of rotatable bonds is 7. The largest absolute Gasteiger partial charge is 0.192 e. The Hall–Kier alpha value is -2.85. The minimum Gasteiger partial charge on any atom is -0.192 e. The van der Waals surface area contributed by atoms with E-state index in [1.165, 1.54) is 22.3 Å². The molecule has 0 saturated heterocycles. The Morgan fingerprint density at radius 1 is 0.576 bits per heavy atom. The van der Waals surface area contributed by atoms with Crippen LogP contribution in [-0.4, -0.2) is 0 Å². The van der Waals surface area contributed by atoms with Crippen LogP contribution in [0.4, 0.5) is 0 Å². The smallest absolute Gasteiger partial charge is 0.0991 e. The van der Waals surface area contributed by atoms with Crippen LogP contribution in [0.5, 0.6) is 0 Å². The van der Waals surface area contributed by atoms with Gasteiger partial charge in [-0.1, -0.05) is 109 Å². The molecule has 3 aromatic carbocycles. The summed E-state index contributed by atoms with van der Waals surface area (Å²) >= 11 is 0. The lowest BCUT2D eigenvalue weighted by Crippen LogP contribution is -2.24. The van der Waals surface area contributed by atoms with E-state index in [4.69, 9.17) is 5.26 Å². The van der Waals surface area contributed by atoms with Crippen LogP contribution in [0.15, 0.2) is 72.8 Å². The molecule has 1 heteroatoms. The van der Waals surface area contributed by atoms with Gasteiger partial charge in [0.2, 0.25) is 0 Å². The Balaban J connectivity index is 1.67. The molecule has 0 unspecified atom stereocenters. The van der Waals surface area contributed by atoms with Gasteiger partial charge in [0.1, 0.15) is 0 Å². The first-order chi connectivity index (χ1) is 15.4. The summed E-state index contributed by atoms with van der Waals surface area (Å²) in [7, 11) is 0. The molecule has 0 amide bonds. The van der Waals surface area contributed by atoms with E-state index in [1.54, 1.807) is 0 Å². The van der Waals surface area contributed by atoms with Gasteiger partial charge in [-0.05, 0) is 75.5 Å². The minimum absolute atomic E-state index is 0.104. The molecule has 0 fully saturated rings. The van der Waals surface area contributed by atoms with Gasteiger partial charge in [0.25, 0.3) is 0 Å². The maximum Gasteiger partial charge on any atom is 0.0991 e. The fourth-order valence-corrected chi connectivity index (χ4v) is 4.45. The quantitative estimate of drug-likeness (QED) is 0.362. The summed E-state index contributed by atoms with van der Waals surface area (Å²) in [5, 5.41) is 9.01. The molecular formula is C32H39N. The lowest BCUT2D eigenvalue weighted by molar-refractivity contribution is 0.374. The highest BCUT2D eigenvalue weighted by Crippen LogP contribution is 2.37. The second-order valence-electron chi connectivity index (χ2n) is 12.0. The second-order valence-corrected chi connectivity index (χ2v) is 12.0. The fourth-order valence-electron chi connectivity index (χ4n) is 4.45. The SMILES string of the molecule is CC(C)(C)Cc1ccc(C(C)(C)CCC(C)(C)c2ccc(-c3ccc(C#N)cc3)cc2)cc1. The van der Waals surface area contributed by atoms with Crippen LogP contribution in [0, 0.1) is 16.7 Å². The summed E-state index contributed by atoms with van der Waals surface area (Å²) in [4.78, 5) is 0. The van der Waals surface area contributed by atoms with Gasteiger partial charge in [-0.2, -0.15) is 5.26 Å². The Bertz CT molecular complexity index is 1080. The summed E-state index contributed by atoms with van der Waals surface area (Å²) in [6, 6.07) is 28.2. The highest BCUT2D eigenvalue weighted by molar-refractivity contribution is 5.64. The van der Waals surface area contributed by atoms with Crippen molar-refractivity contribution >= 4 is 0 Å². The summed E-state index contributed by atoms with van der Waals surface area (Å²) in [5.74, 6) is 0. The maximum atomic E-state index is 9.01. The van der Waals surface area contributed by atoms with Crippen molar-refractivity contribution in [3.8, 4) is 17.2 Å². The molecule has 0 atom stereocenters. The first kappa shape index (κ1) is 24.8. The molecule has 172 valence electrons. The van der Waals surface area contributed by atoms with Crippen LogP contribution >= 0.6 is 0 Å².